The number of hydrogen-bond donors (Lipinski definition) is 1. The molecule has 660 valence electrons. The predicted molar refractivity (Wildman–Crippen MR) is 473 cm³/mol. The number of carbonyl (C=O) groups excluding carboxylic acids is 5. The third-order valence-electron chi connectivity index (χ3n) is 19.2. The summed E-state index contributed by atoms with van der Waals surface area (Å²) in [6.07, 6.45) is -9.49. The zero-order valence-electron chi connectivity index (χ0n) is 69.2. The van der Waals surface area contributed by atoms with Crippen molar-refractivity contribution in [2.24, 2.45) is 0 Å². The summed E-state index contributed by atoms with van der Waals surface area (Å²) in [6.45, 7) is 21.6. The van der Waals surface area contributed by atoms with Crippen molar-refractivity contribution in [3.63, 3.8) is 0 Å². The van der Waals surface area contributed by atoms with Gasteiger partial charge in [-0.25, -0.2) is 28.8 Å². The maximum absolute atomic E-state index is 12.9. The minimum absolute atomic E-state index is 0. The van der Waals surface area contributed by atoms with E-state index in [0.717, 1.165) is 166 Å². The molecule has 0 radical (unpaired) electrons. The third-order valence-corrected chi connectivity index (χ3v) is 27.8. The van der Waals surface area contributed by atoms with E-state index < -0.39 is 58.7 Å². The van der Waals surface area contributed by atoms with Gasteiger partial charge in [-0.05, 0) is 297 Å². The normalized spacial score (nSPS) is 12.7. The summed E-state index contributed by atoms with van der Waals surface area (Å²) in [7, 11) is 5.45. The van der Waals surface area contributed by atoms with Crippen molar-refractivity contribution in [3.05, 3.63) is 258 Å². The van der Waals surface area contributed by atoms with Crippen molar-refractivity contribution in [1.82, 2.24) is 9.80 Å². The average Bonchev–Trinajstić information content (AvgIpc) is 1.68. The van der Waals surface area contributed by atoms with Gasteiger partial charge >= 0.3 is 54.3 Å². The molecular weight excluding hydrogens is 1860 g/mol. The van der Waals surface area contributed by atoms with Gasteiger partial charge in [0, 0.05) is 68.7 Å². The van der Waals surface area contributed by atoms with Gasteiger partial charge in [0.05, 0.1) is 45.1 Å². The molecule has 0 spiro atoms. The van der Waals surface area contributed by atoms with E-state index in [2.05, 4.69) is 66.7 Å². The Morgan fingerprint density at radius 2 is 0.732 bits per heavy atom. The van der Waals surface area contributed by atoms with Crippen LogP contribution in [0.25, 0.3) is 33.4 Å². The Balaban J connectivity index is 0.000000218. The molecule has 0 atom stereocenters. The zero-order valence-corrected chi connectivity index (χ0v) is 77.2. The number of benzene rings is 5. The number of fused-ring (bicyclic) bond motifs is 2. The first-order chi connectivity index (χ1) is 57.5. The molecule has 0 saturated heterocycles. The number of aryl methyl sites for hydroxylation is 1. The van der Waals surface area contributed by atoms with E-state index in [1.54, 1.807) is 47.1 Å². The third kappa shape index (κ3) is 29.0. The van der Waals surface area contributed by atoms with Crippen LogP contribution < -0.4 is 9.47 Å². The van der Waals surface area contributed by atoms with Crippen LogP contribution in [0.2, 0.25) is 0 Å². The molecule has 0 unspecified atom stereocenters. The fourth-order valence-corrected chi connectivity index (χ4v) is 19.5. The summed E-state index contributed by atoms with van der Waals surface area (Å²) < 4.78 is 151. The number of rotatable bonds is 17. The highest BCUT2D eigenvalue weighted by Crippen LogP contribution is 2.40. The standard InChI is InChI=1S/C29H32F3NO3S.C25H24F3NO3S.C14H11F3O2S.2C7H7BrO2S.C7H8O2S.H2O/c1-19-25(21-5-8-23(9-6-21)29(30,31)32)18-37-26(19)16-33-13-11-20-7-10-24(15-22(20)12-14-33)35-17-27(34)36-28(2,3)4;1-16-22(18-2-5-20(6-3-18)25(26,27)28)15-33-23(16)13-29-10-8-17-4-7-21(32-14-24(30)31)12-19(17)9-11-29;1-8-11(7-20-12(8)13(18)19-2)9-3-5-10(6-4-9)14(15,16)17;2*1-4-5(8)3-11-6(4)7(9)10-2;1-5-3-4-10-6(5)7(8)9-2;/h5-10,15,18H,11-14,16-17H2,1-4H3;2-7,12,15H,8-11,13-14H2,1H3,(H,30,31);3-7H,1-2H3;2*3H,1-2H3;3-4H,1-2H3;1H2. The van der Waals surface area contributed by atoms with Gasteiger partial charge in [0.2, 0.25) is 0 Å². The molecule has 8 heterocycles. The number of carboxylic acids is 1. The Labute approximate surface area is 747 Å². The van der Waals surface area contributed by atoms with Gasteiger partial charge < -0.3 is 43.7 Å². The smallest absolute Gasteiger partial charge is 0.416 e. The molecule has 6 aromatic heterocycles. The van der Waals surface area contributed by atoms with Crippen LogP contribution in [0.4, 0.5) is 39.5 Å². The van der Waals surface area contributed by atoms with E-state index in [0.29, 0.717) is 42.1 Å². The number of thiophene rings is 6. The van der Waals surface area contributed by atoms with Crippen LogP contribution in [0, 0.1) is 41.5 Å². The fourth-order valence-electron chi connectivity index (χ4n) is 12.4. The maximum Gasteiger partial charge on any atom is 0.416 e. The fraction of sp³-hybridized carbons (Fsp3) is 0.326. The Morgan fingerprint density at radius 3 is 1.05 bits per heavy atom. The van der Waals surface area contributed by atoms with Crippen LogP contribution in [0.5, 0.6) is 11.5 Å². The average molecular weight is 1950 g/mol. The van der Waals surface area contributed by atoms with Gasteiger partial charge in [-0.15, -0.1) is 68.0 Å². The molecule has 5 aromatic carbocycles. The summed E-state index contributed by atoms with van der Waals surface area (Å²) in [5, 5.41) is 20.2. The van der Waals surface area contributed by atoms with E-state index in [4.69, 9.17) is 19.3 Å². The molecule has 11 aromatic rings. The molecule has 34 heteroatoms. The molecule has 2 aliphatic heterocycles. The summed E-state index contributed by atoms with van der Waals surface area (Å²) in [4.78, 5) is 76.8. The van der Waals surface area contributed by atoms with Crippen molar-refractivity contribution < 1.29 is 112 Å². The van der Waals surface area contributed by atoms with E-state index in [9.17, 15) is 68.3 Å². The number of alkyl halides is 9. The van der Waals surface area contributed by atoms with Gasteiger partial charge in [0.15, 0.2) is 13.2 Å². The lowest BCUT2D eigenvalue weighted by molar-refractivity contribution is -0.157. The van der Waals surface area contributed by atoms with E-state index in [1.807, 2.05) is 119 Å². The second kappa shape index (κ2) is 45.7. The molecule has 0 aliphatic carbocycles. The first-order valence-electron chi connectivity index (χ1n) is 37.5. The monoisotopic (exact) mass is 1950 g/mol. The van der Waals surface area contributed by atoms with Crippen LogP contribution in [-0.4, -0.2) is 130 Å². The van der Waals surface area contributed by atoms with Crippen molar-refractivity contribution in [3.8, 4) is 44.9 Å². The summed E-state index contributed by atoms with van der Waals surface area (Å²) >= 11 is 15.3. The topological polar surface area (TPSA) is 225 Å². The van der Waals surface area contributed by atoms with Crippen LogP contribution in [-0.2, 0) is 90.6 Å². The number of nitrogens with zero attached hydrogens (tertiary/aromatic N) is 2. The molecule has 0 saturated carbocycles. The highest BCUT2D eigenvalue weighted by Gasteiger charge is 2.33. The van der Waals surface area contributed by atoms with Crippen molar-refractivity contribution in [1.29, 1.82) is 0 Å². The Bertz CT molecular complexity index is 5330. The van der Waals surface area contributed by atoms with E-state index in [-0.39, 0.29) is 36.6 Å². The van der Waals surface area contributed by atoms with Crippen LogP contribution in [0.15, 0.2) is 156 Å². The highest BCUT2D eigenvalue weighted by molar-refractivity contribution is 9.11. The van der Waals surface area contributed by atoms with Crippen molar-refractivity contribution >= 4 is 136 Å². The summed E-state index contributed by atoms with van der Waals surface area (Å²) in [6, 6.07) is 29.2. The highest BCUT2D eigenvalue weighted by atomic mass is 79.9. The van der Waals surface area contributed by atoms with Gasteiger partial charge in [-0.3, -0.25) is 9.80 Å². The van der Waals surface area contributed by atoms with Crippen LogP contribution >= 0.6 is 99.9 Å². The van der Waals surface area contributed by atoms with E-state index in [1.165, 1.54) is 130 Å². The molecule has 0 amide bonds. The quantitative estimate of drug-likeness (QED) is 0.0508. The summed E-state index contributed by atoms with van der Waals surface area (Å²) in [5.74, 6) is -1.38. The first-order valence-corrected chi connectivity index (χ1v) is 44.4. The van der Waals surface area contributed by atoms with Crippen molar-refractivity contribution in [2.45, 2.75) is 125 Å². The lowest BCUT2D eigenvalue weighted by Gasteiger charge is -2.19. The lowest BCUT2D eigenvalue weighted by atomic mass is 10.0. The summed E-state index contributed by atoms with van der Waals surface area (Å²) in [5.41, 5.74) is 13.1. The van der Waals surface area contributed by atoms with Gasteiger partial charge in [0.1, 0.15) is 36.6 Å². The second-order valence-corrected chi connectivity index (χ2v) is 35.9. The lowest BCUT2D eigenvalue weighted by Crippen LogP contribution is -2.27. The number of aliphatic carboxylic acids is 1. The maximum atomic E-state index is 12.9. The Morgan fingerprint density at radius 1 is 0.407 bits per heavy atom. The zero-order chi connectivity index (χ0) is 89.7. The molecule has 3 N–H and O–H groups in total. The SMILES string of the molecule is COC(=O)c1scc(-c2ccc(C(F)(F)F)cc2)c1C.COC(=O)c1scc(Br)c1C.COC(=O)c1scc(Br)c1C.COC(=O)c1sccc1C.Cc1c(-c2ccc(C(F)(F)F)cc2)csc1CN1CCc2ccc(OCC(=O)O)cc2CC1.Cc1c(-c2ccc(C(F)(F)F)cc2)csc1CN1CCc2ccc(OCC(=O)OC(C)(C)C)cc2CC1.O. The minimum atomic E-state index is -4.35. The molecule has 0 bridgehead atoms. The number of hydrogen-bond acceptors (Lipinski definition) is 21. The van der Waals surface area contributed by atoms with Crippen LogP contribution in [0.3, 0.4) is 0 Å². The predicted octanol–water partition coefficient (Wildman–Crippen LogP) is 23.6. The Kier molecular flexibility index (Phi) is 37.5. The Hall–Kier alpha value is -9.07. The number of carboxylic acid groups (broad SMARTS) is 1. The number of esters is 5. The van der Waals surface area contributed by atoms with Gasteiger partial charge in [0.25, 0.3) is 0 Å². The molecule has 2 aliphatic rings. The largest absolute Gasteiger partial charge is 0.482 e. The second-order valence-electron chi connectivity index (χ2n) is 28.7. The van der Waals surface area contributed by atoms with Gasteiger partial charge in [-0.2, -0.15) is 39.5 Å². The number of carbonyl (C=O) groups is 6. The van der Waals surface area contributed by atoms with Crippen molar-refractivity contribution in [2.75, 3.05) is 67.8 Å². The number of ether oxygens (including phenoxy) is 7. The van der Waals surface area contributed by atoms with Crippen LogP contribution in [0.1, 0.15) is 142 Å². The van der Waals surface area contributed by atoms with Gasteiger partial charge in [-0.1, -0.05) is 48.5 Å². The molecule has 123 heavy (non-hydrogen) atoms. The first kappa shape index (κ1) is 101. The molecule has 17 nitrogen and oxygen atoms in total. The molecule has 13 rings (SSSR count). The van der Waals surface area contributed by atoms with E-state index >= 15 is 0 Å². The molecular formula is C89H91Br2F9N2O15S6. The minimum Gasteiger partial charge on any atom is -0.482 e. The molecule has 0 fully saturated rings. The number of methoxy groups -OCH3 is 4. The number of halogens is 11.